The number of hydrogen-bond donors (Lipinski definition) is 0. The predicted octanol–water partition coefficient (Wildman–Crippen LogP) is 4.37. The van der Waals surface area contributed by atoms with Crippen molar-refractivity contribution in [2.24, 2.45) is 5.41 Å². The van der Waals surface area contributed by atoms with Crippen LogP contribution in [-0.4, -0.2) is 13.2 Å². The Morgan fingerprint density at radius 1 is 0.833 bits per heavy atom. The molecule has 0 bridgehead atoms. The molecule has 0 rings (SSSR count). The van der Waals surface area contributed by atoms with Crippen LogP contribution in [0.3, 0.4) is 0 Å². The molecule has 0 heterocycles. The van der Waals surface area contributed by atoms with Crippen molar-refractivity contribution in [2.75, 3.05) is 13.2 Å². The second kappa shape index (κ2) is 13.5. The van der Waals surface area contributed by atoms with Gasteiger partial charge in [0.1, 0.15) is 0 Å². The monoisotopic (exact) mass is 178 g/mol. The Morgan fingerprint density at radius 3 is 1.00 bits per heavy atom. The van der Waals surface area contributed by atoms with Crippen molar-refractivity contribution >= 4 is 0 Å². The molecule has 0 spiro atoms. The van der Waals surface area contributed by atoms with Crippen LogP contribution in [0.2, 0.25) is 0 Å². The maximum atomic E-state index is 4.83. The molecule has 0 atom stereocenters. The highest BCUT2D eigenvalue weighted by Crippen LogP contribution is 2.07. The Morgan fingerprint density at radius 2 is 1.00 bits per heavy atom. The fraction of sp³-hybridized carbons (Fsp3) is 1.00. The highest BCUT2D eigenvalue weighted by atomic mass is 16.5. The van der Waals surface area contributed by atoms with Crippen molar-refractivity contribution in [3.8, 4) is 0 Å². The van der Waals surface area contributed by atoms with Gasteiger partial charge in [-0.2, -0.15) is 0 Å². The van der Waals surface area contributed by atoms with Gasteiger partial charge in [-0.05, 0) is 19.3 Å². The van der Waals surface area contributed by atoms with Crippen LogP contribution in [0.15, 0.2) is 0 Å². The van der Waals surface area contributed by atoms with E-state index in [0.29, 0.717) is 5.41 Å². The molecule has 12 heavy (non-hydrogen) atoms. The molecule has 0 fully saturated rings. The number of hydrogen-bond acceptors (Lipinski definition) is 1. The minimum absolute atomic E-state index is 0. The largest absolute Gasteiger partial charge is 0.382 e. The lowest BCUT2D eigenvalue weighted by molar-refractivity contribution is 0.162. The quantitative estimate of drug-likeness (QED) is 0.610. The maximum Gasteiger partial charge on any atom is 0.0437 e. The lowest BCUT2D eigenvalue weighted by Gasteiger charge is -2.05. The Balaban J connectivity index is -0.0000000457. The summed E-state index contributed by atoms with van der Waals surface area (Å²) >= 11 is 0. The average Bonchev–Trinajstić information content (AvgIpc) is 1.63. The highest BCUT2D eigenvalue weighted by molar-refractivity contribution is 4.47. The van der Waals surface area contributed by atoms with E-state index in [-0.39, 0.29) is 14.9 Å². The first-order chi connectivity index (χ1) is 4.41. The molecule has 0 radical (unpaired) electrons. The summed E-state index contributed by atoms with van der Waals surface area (Å²) < 4.78 is 4.83. The van der Waals surface area contributed by atoms with E-state index in [4.69, 9.17) is 4.74 Å². The Hall–Kier alpha value is -0.0400. The number of ether oxygens (including phenoxy) is 1. The standard InChI is InChI=1S/C5H12.C4H10O.2CH4/c1-5(2,3)4;1-3-5-4-2;;/h1-4H3;3-4H2,1-2H3;2*1H4. The van der Waals surface area contributed by atoms with Gasteiger partial charge in [0.2, 0.25) is 0 Å². The van der Waals surface area contributed by atoms with E-state index in [0.717, 1.165) is 13.2 Å². The average molecular weight is 178 g/mol. The van der Waals surface area contributed by atoms with Crippen LogP contribution in [-0.2, 0) is 4.74 Å². The maximum absolute atomic E-state index is 4.83. The van der Waals surface area contributed by atoms with E-state index in [1.54, 1.807) is 0 Å². The molecular weight excluding hydrogens is 148 g/mol. The first-order valence-corrected chi connectivity index (χ1v) is 3.99. The lowest BCUT2D eigenvalue weighted by Crippen LogP contribution is -1.93. The molecule has 80 valence electrons. The fourth-order valence-electron chi connectivity index (χ4n) is 0.204. The molecule has 0 saturated heterocycles. The van der Waals surface area contributed by atoms with Gasteiger partial charge in [0.25, 0.3) is 0 Å². The van der Waals surface area contributed by atoms with Crippen LogP contribution < -0.4 is 0 Å². The zero-order chi connectivity index (χ0) is 8.62. The van der Waals surface area contributed by atoms with Crippen molar-refractivity contribution < 1.29 is 4.74 Å². The third-order valence-corrected chi connectivity index (χ3v) is 0.408. The number of rotatable bonds is 2. The second-order valence-electron chi connectivity index (χ2n) is 3.78. The van der Waals surface area contributed by atoms with E-state index < -0.39 is 0 Å². The van der Waals surface area contributed by atoms with Gasteiger partial charge < -0.3 is 4.74 Å². The highest BCUT2D eigenvalue weighted by Gasteiger charge is 1.95. The van der Waals surface area contributed by atoms with Crippen LogP contribution in [0.4, 0.5) is 0 Å². The van der Waals surface area contributed by atoms with Gasteiger partial charge in [-0.15, -0.1) is 0 Å². The molecule has 1 heteroatoms. The normalized spacial score (nSPS) is 8.50. The summed E-state index contributed by atoms with van der Waals surface area (Å²) in [7, 11) is 0. The smallest absolute Gasteiger partial charge is 0.0437 e. The summed E-state index contributed by atoms with van der Waals surface area (Å²) in [5.74, 6) is 0. The molecule has 0 aliphatic carbocycles. The van der Waals surface area contributed by atoms with Gasteiger partial charge in [0.15, 0.2) is 0 Å². The Bertz CT molecular complexity index is 44.5. The summed E-state index contributed by atoms with van der Waals surface area (Å²) in [4.78, 5) is 0. The van der Waals surface area contributed by atoms with E-state index in [1.807, 2.05) is 13.8 Å². The van der Waals surface area contributed by atoms with Gasteiger partial charge in [-0.25, -0.2) is 0 Å². The van der Waals surface area contributed by atoms with E-state index in [9.17, 15) is 0 Å². The van der Waals surface area contributed by atoms with Crippen LogP contribution in [0.5, 0.6) is 0 Å². The van der Waals surface area contributed by atoms with Crippen molar-refractivity contribution in [1.82, 2.24) is 0 Å². The van der Waals surface area contributed by atoms with Crippen molar-refractivity contribution in [3.05, 3.63) is 0 Å². The van der Waals surface area contributed by atoms with Crippen LogP contribution in [0, 0.1) is 5.41 Å². The van der Waals surface area contributed by atoms with Crippen molar-refractivity contribution in [3.63, 3.8) is 0 Å². The first kappa shape index (κ1) is 22.7. The molecular formula is C11H30O. The zero-order valence-electron chi connectivity index (χ0n) is 8.32. The SMILES string of the molecule is C.C.CC(C)(C)C.CCOCC. The lowest BCUT2D eigenvalue weighted by atomic mass is 10.0. The zero-order valence-corrected chi connectivity index (χ0v) is 8.32. The summed E-state index contributed by atoms with van der Waals surface area (Å²) in [5.41, 5.74) is 0.500. The molecule has 0 saturated carbocycles. The van der Waals surface area contributed by atoms with Crippen LogP contribution in [0.1, 0.15) is 56.4 Å². The fourth-order valence-corrected chi connectivity index (χ4v) is 0.204. The second-order valence-corrected chi connectivity index (χ2v) is 3.78. The van der Waals surface area contributed by atoms with E-state index >= 15 is 0 Å². The van der Waals surface area contributed by atoms with Crippen molar-refractivity contribution in [2.45, 2.75) is 56.4 Å². The summed E-state index contributed by atoms with van der Waals surface area (Å²) in [6.07, 6.45) is 0. The molecule has 0 aliphatic rings. The summed E-state index contributed by atoms with van der Waals surface area (Å²) in [5, 5.41) is 0. The van der Waals surface area contributed by atoms with E-state index in [2.05, 4.69) is 27.7 Å². The topological polar surface area (TPSA) is 9.23 Å². The van der Waals surface area contributed by atoms with Gasteiger partial charge in [-0.3, -0.25) is 0 Å². The van der Waals surface area contributed by atoms with E-state index in [1.165, 1.54) is 0 Å². The van der Waals surface area contributed by atoms with Gasteiger partial charge in [-0.1, -0.05) is 42.5 Å². The minimum Gasteiger partial charge on any atom is -0.382 e. The molecule has 0 aromatic carbocycles. The molecule has 0 unspecified atom stereocenters. The van der Waals surface area contributed by atoms with Crippen LogP contribution >= 0.6 is 0 Å². The Kier molecular flexibility index (Phi) is 25.6. The molecule has 0 N–H and O–H groups in total. The molecule has 0 aromatic heterocycles. The van der Waals surface area contributed by atoms with Gasteiger partial charge >= 0.3 is 0 Å². The Labute approximate surface area is 80.5 Å². The molecule has 0 amide bonds. The first-order valence-electron chi connectivity index (χ1n) is 3.99. The predicted molar refractivity (Wildman–Crippen MR) is 60.8 cm³/mol. The van der Waals surface area contributed by atoms with Crippen molar-refractivity contribution in [1.29, 1.82) is 0 Å². The summed E-state index contributed by atoms with van der Waals surface area (Å²) in [6.45, 7) is 14.4. The third kappa shape index (κ3) is 208. The molecule has 0 aliphatic heterocycles. The van der Waals surface area contributed by atoms with Gasteiger partial charge in [0, 0.05) is 13.2 Å². The molecule has 0 aromatic rings. The molecule has 1 nitrogen and oxygen atoms in total. The minimum atomic E-state index is 0. The summed E-state index contributed by atoms with van der Waals surface area (Å²) in [6, 6.07) is 0. The third-order valence-electron chi connectivity index (χ3n) is 0.408. The van der Waals surface area contributed by atoms with Gasteiger partial charge in [0.05, 0.1) is 0 Å². The van der Waals surface area contributed by atoms with Crippen LogP contribution in [0.25, 0.3) is 0 Å².